The van der Waals surface area contributed by atoms with Crippen molar-refractivity contribution in [2.24, 2.45) is 0 Å². The Balaban J connectivity index is 2.04. The fourth-order valence-corrected chi connectivity index (χ4v) is 2.26. The topological polar surface area (TPSA) is 98.5 Å². The first-order chi connectivity index (χ1) is 11.8. The first-order valence-corrected chi connectivity index (χ1v) is 7.64. The maximum Gasteiger partial charge on any atom is 0.345 e. The van der Waals surface area contributed by atoms with Crippen molar-refractivity contribution in [1.82, 2.24) is 0 Å². The van der Waals surface area contributed by atoms with Crippen molar-refractivity contribution in [2.75, 3.05) is 11.9 Å². The molecule has 2 aromatic rings. The van der Waals surface area contributed by atoms with Gasteiger partial charge in [-0.05, 0) is 43.2 Å². The Bertz CT molecular complexity index is 851. The summed E-state index contributed by atoms with van der Waals surface area (Å²) >= 11 is 5.69. The van der Waals surface area contributed by atoms with E-state index in [2.05, 4.69) is 5.32 Å². The molecule has 0 spiro atoms. The molecule has 0 aliphatic rings. The summed E-state index contributed by atoms with van der Waals surface area (Å²) in [5.74, 6) is -1.52. The lowest BCUT2D eigenvalue weighted by atomic mass is 10.1. The molecule has 0 unspecified atom stereocenters. The number of nitrogens with one attached hydrogen (secondary N) is 1. The monoisotopic (exact) mass is 362 g/mol. The molecule has 7 nitrogen and oxygen atoms in total. The Labute approximate surface area is 148 Å². The average molecular weight is 363 g/mol. The van der Waals surface area contributed by atoms with Crippen molar-refractivity contribution in [3.05, 3.63) is 68.2 Å². The van der Waals surface area contributed by atoms with E-state index in [-0.39, 0.29) is 10.6 Å². The summed E-state index contributed by atoms with van der Waals surface area (Å²) in [5.41, 5.74) is 1.69. The number of carbonyl (C=O) groups excluding carboxylic acids is 2. The molecule has 8 heteroatoms. The minimum Gasteiger partial charge on any atom is -0.452 e. The van der Waals surface area contributed by atoms with E-state index in [1.165, 1.54) is 12.1 Å². The largest absolute Gasteiger partial charge is 0.452 e. The number of hydrogen-bond acceptors (Lipinski definition) is 5. The summed E-state index contributed by atoms with van der Waals surface area (Å²) in [6.07, 6.45) is 0. The Morgan fingerprint density at radius 1 is 1.20 bits per heavy atom. The van der Waals surface area contributed by atoms with Gasteiger partial charge < -0.3 is 10.1 Å². The number of carbonyl (C=O) groups is 2. The molecule has 0 fully saturated rings. The Hall–Kier alpha value is -2.93. The second-order valence-electron chi connectivity index (χ2n) is 5.36. The summed E-state index contributed by atoms with van der Waals surface area (Å²) < 4.78 is 4.86. The van der Waals surface area contributed by atoms with Gasteiger partial charge in [-0.3, -0.25) is 14.9 Å². The molecule has 1 N–H and O–H groups in total. The summed E-state index contributed by atoms with van der Waals surface area (Å²) in [7, 11) is 0. The predicted octanol–water partition coefficient (Wildman–Crippen LogP) is 3.66. The van der Waals surface area contributed by atoms with Crippen LogP contribution in [0.4, 0.5) is 11.4 Å². The number of anilines is 1. The highest BCUT2D eigenvalue weighted by Gasteiger charge is 2.22. The standard InChI is InChI=1S/C17H15ClN2O5/c1-10-3-4-11(2)14(7-10)19-16(21)9-25-17(22)13-6-5-12(18)8-15(13)20(23)24/h3-8H,9H2,1-2H3,(H,19,21). The molecule has 0 saturated carbocycles. The molecule has 2 aromatic carbocycles. The molecule has 0 atom stereocenters. The number of halogens is 1. The lowest BCUT2D eigenvalue weighted by Crippen LogP contribution is -2.21. The molecule has 0 aliphatic heterocycles. The van der Waals surface area contributed by atoms with Gasteiger partial charge in [0, 0.05) is 16.8 Å². The first kappa shape index (κ1) is 18.4. The number of nitro benzene ring substituents is 1. The average Bonchev–Trinajstić information content (AvgIpc) is 2.56. The van der Waals surface area contributed by atoms with Gasteiger partial charge >= 0.3 is 5.97 Å². The zero-order chi connectivity index (χ0) is 18.6. The van der Waals surface area contributed by atoms with Crippen LogP contribution in [-0.4, -0.2) is 23.4 Å². The number of aryl methyl sites for hydroxylation is 2. The molecule has 130 valence electrons. The minimum absolute atomic E-state index is 0.121. The third-order valence-corrected chi connectivity index (χ3v) is 3.61. The van der Waals surface area contributed by atoms with Gasteiger partial charge in [0.2, 0.25) is 0 Å². The van der Waals surface area contributed by atoms with Crippen molar-refractivity contribution >= 4 is 34.9 Å². The van der Waals surface area contributed by atoms with Crippen molar-refractivity contribution in [3.8, 4) is 0 Å². The first-order valence-electron chi connectivity index (χ1n) is 7.26. The maximum absolute atomic E-state index is 12.0. The van der Waals surface area contributed by atoms with E-state index in [4.69, 9.17) is 16.3 Å². The van der Waals surface area contributed by atoms with Crippen molar-refractivity contribution in [2.45, 2.75) is 13.8 Å². The van der Waals surface area contributed by atoms with Crippen LogP contribution in [0.2, 0.25) is 5.02 Å². The zero-order valence-corrected chi connectivity index (χ0v) is 14.3. The van der Waals surface area contributed by atoms with Crippen LogP contribution in [0.5, 0.6) is 0 Å². The second-order valence-corrected chi connectivity index (χ2v) is 5.80. The van der Waals surface area contributed by atoms with Gasteiger partial charge in [-0.2, -0.15) is 0 Å². The Kier molecular flexibility index (Phi) is 5.71. The Morgan fingerprint density at radius 3 is 2.60 bits per heavy atom. The van der Waals surface area contributed by atoms with E-state index < -0.39 is 29.1 Å². The van der Waals surface area contributed by atoms with E-state index in [0.29, 0.717) is 5.69 Å². The van der Waals surface area contributed by atoms with Crippen LogP contribution in [0, 0.1) is 24.0 Å². The van der Waals surface area contributed by atoms with Crippen LogP contribution < -0.4 is 5.32 Å². The van der Waals surface area contributed by atoms with Crippen molar-refractivity contribution in [3.63, 3.8) is 0 Å². The van der Waals surface area contributed by atoms with Gasteiger partial charge in [0.15, 0.2) is 6.61 Å². The molecule has 1 amide bonds. The lowest BCUT2D eigenvalue weighted by molar-refractivity contribution is -0.385. The highest BCUT2D eigenvalue weighted by Crippen LogP contribution is 2.24. The summed E-state index contributed by atoms with van der Waals surface area (Å²) in [6, 6.07) is 9.12. The molecular weight excluding hydrogens is 348 g/mol. The SMILES string of the molecule is Cc1ccc(C)c(NC(=O)COC(=O)c2ccc(Cl)cc2[N+](=O)[O-])c1. The highest BCUT2D eigenvalue weighted by atomic mass is 35.5. The van der Waals surface area contributed by atoms with Gasteiger partial charge in [0.1, 0.15) is 5.56 Å². The normalized spacial score (nSPS) is 10.2. The molecule has 0 aromatic heterocycles. The summed E-state index contributed by atoms with van der Waals surface area (Å²) in [4.78, 5) is 34.2. The van der Waals surface area contributed by atoms with Crippen LogP contribution in [0.3, 0.4) is 0 Å². The van der Waals surface area contributed by atoms with Crippen LogP contribution in [-0.2, 0) is 9.53 Å². The number of nitro groups is 1. The van der Waals surface area contributed by atoms with E-state index in [1.807, 2.05) is 26.0 Å². The number of rotatable bonds is 5. The number of benzene rings is 2. The molecule has 0 radical (unpaired) electrons. The van der Waals surface area contributed by atoms with Gasteiger partial charge in [-0.1, -0.05) is 23.7 Å². The highest BCUT2D eigenvalue weighted by molar-refractivity contribution is 6.31. The van der Waals surface area contributed by atoms with E-state index in [9.17, 15) is 19.7 Å². The van der Waals surface area contributed by atoms with Crippen LogP contribution in [0.1, 0.15) is 21.5 Å². The number of ether oxygens (including phenoxy) is 1. The number of nitrogens with zero attached hydrogens (tertiary/aromatic N) is 1. The zero-order valence-electron chi connectivity index (χ0n) is 13.5. The van der Waals surface area contributed by atoms with Crippen molar-refractivity contribution in [1.29, 1.82) is 0 Å². The fraction of sp³-hybridized carbons (Fsp3) is 0.176. The third kappa shape index (κ3) is 4.77. The fourth-order valence-electron chi connectivity index (χ4n) is 2.09. The van der Waals surface area contributed by atoms with Crippen LogP contribution >= 0.6 is 11.6 Å². The lowest BCUT2D eigenvalue weighted by Gasteiger charge is -2.10. The predicted molar refractivity (Wildman–Crippen MR) is 92.9 cm³/mol. The van der Waals surface area contributed by atoms with Crippen LogP contribution in [0.15, 0.2) is 36.4 Å². The number of amides is 1. The third-order valence-electron chi connectivity index (χ3n) is 3.38. The van der Waals surface area contributed by atoms with Gasteiger partial charge in [0.25, 0.3) is 11.6 Å². The van der Waals surface area contributed by atoms with Gasteiger partial charge in [-0.25, -0.2) is 4.79 Å². The minimum atomic E-state index is -0.973. The van der Waals surface area contributed by atoms with E-state index in [1.54, 1.807) is 6.07 Å². The molecule has 25 heavy (non-hydrogen) atoms. The van der Waals surface area contributed by atoms with Gasteiger partial charge in [-0.15, -0.1) is 0 Å². The van der Waals surface area contributed by atoms with Crippen molar-refractivity contribution < 1.29 is 19.2 Å². The summed E-state index contributed by atoms with van der Waals surface area (Å²) in [6.45, 7) is 3.15. The van der Waals surface area contributed by atoms with E-state index >= 15 is 0 Å². The van der Waals surface area contributed by atoms with Gasteiger partial charge in [0.05, 0.1) is 4.92 Å². The molecular formula is C17H15ClN2O5. The number of hydrogen-bond donors (Lipinski definition) is 1. The quantitative estimate of drug-likeness (QED) is 0.497. The molecule has 0 aliphatic carbocycles. The molecule has 0 saturated heterocycles. The molecule has 2 rings (SSSR count). The summed E-state index contributed by atoms with van der Waals surface area (Å²) in [5, 5.41) is 13.7. The number of esters is 1. The molecule has 0 heterocycles. The Morgan fingerprint density at radius 2 is 1.92 bits per heavy atom. The van der Waals surface area contributed by atoms with Crippen LogP contribution in [0.25, 0.3) is 0 Å². The smallest absolute Gasteiger partial charge is 0.345 e. The molecule has 0 bridgehead atoms. The maximum atomic E-state index is 12.0. The second kappa shape index (κ2) is 7.76. The van der Waals surface area contributed by atoms with E-state index in [0.717, 1.165) is 17.2 Å².